The fourth-order valence-electron chi connectivity index (χ4n) is 21.1. The van der Waals surface area contributed by atoms with E-state index in [1.807, 2.05) is 48.8 Å². The fourth-order valence-corrected chi connectivity index (χ4v) is 21.1. The molecule has 5 aromatic heterocycles. The summed E-state index contributed by atoms with van der Waals surface area (Å²) >= 11 is 0. The maximum absolute atomic E-state index is 5.15. The van der Waals surface area contributed by atoms with Crippen molar-refractivity contribution in [1.82, 2.24) is 54.8 Å². The van der Waals surface area contributed by atoms with Crippen molar-refractivity contribution in [2.45, 2.75) is 57.8 Å². The molecule has 18 aromatic carbocycles. The Bertz CT molecular complexity index is 8800. The van der Waals surface area contributed by atoms with E-state index in [4.69, 9.17) is 44.9 Å². The molecule has 0 saturated carbocycles. The van der Waals surface area contributed by atoms with Crippen LogP contribution in [0.15, 0.2) is 468 Å². The first kappa shape index (κ1) is 87.6. The van der Waals surface area contributed by atoms with Gasteiger partial charge in [0.15, 0.2) is 52.4 Å². The lowest BCUT2D eigenvalue weighted by atomic mass is 9.80. The van der Waals surface area contributed by atoms with Gasteiger partial charge < -0.3 is 0 Å². The molecule has 0 unspecified atom stereocenters. The highest BCUT2D eigenvalue weighted by Gasteiger charge is 2.40. The first-order valence-corrected chi connectivity index (χ1v) is 48.6. The molecule has 143 heavy (non-hydrogen) atoms. The summed E-state index contributed by atoms with van der Waals surface area (Å²) < 4.78 is 0. The predicted molar refractivity (Wildman–Crippen MR) is 584 cm³/mol. The van der Waals surface area contributed by atoms with Crippen LogP contribution in [-0.4, -0.2) is 54.8 Å². The lowest BCUT2D eigenvalue weighted by molar-refractivity contribution is 0.660. The van der Waals surface area contributed by atoms with Crippen molar-refractivity contribution in [3.63, 3.8) is 0 Å². The normalized spacial score (nSPS) is 12.9. The minimum absolute atomic E-state index is 0.0617. The van der Waals surface area contributed by atoms with Crippen LogP contribution in [0.4, 0.5) is 0 Å². The summed E-state index contributed by atoms with van der Waals surface area (Å²) in [4.78, 5) is 54.4. The molecule has 11 heteroatoms. The van der Waals surface area contributed by atoms with Crippen molar-refractivity contribution >= 4 is 21.5 Å². The molecule has 0 N–H and O–H groups in total. The minimum atomic E-state index is -0.188. The van der Waals surface area contributed by atoms with E-state index in [1.54, 1.807) is 12.4 Å². The molecular formula is C132H95N11. The number of hydrogen-bond acceptors (Lipinski definition) is 11. The van der Waals surface area contributed by atoms with E-state index in [2.05, 4.69) is 458 Å². The largest absolute Gasteiger partial charge is 0.264 e. The zero-order valence-corrected chi connectivity index (χ0v) is 79.9. The van der Waals surface area contributed by atoms with Crippen molar-refractivity contribution in [1.29, 1.82) is 0 Å². The van der Waals surface area contributed by atoms with Gasteiger partial charge >= 0.3 is 0 Å². The van der Waals surface area contributed by atoms with Crippen molar-refractivity contribution < 1.29 is 0 Å². The zero-order chi connectivity index (χ0) is 96.3. The second-order valence-corrected chi connectivity index (χ2v) is 38.5. The van der Waals surface area contributed by atoms with E-state index in [9.17, 15) is 0 Å². The Morgan fingerprint density at radius 1 is 0.154 bits per heavy atom. The van der Waals surface area contributed by atoms with Gasteiger partial charge in [-0.3, -0.25) is 9.97 Å². The maximum Gasteiger partial charge on any atom is 0.164 e. The van der Waals surface area contributed by atoms with Crippen LogP contribution in [0, 0.1) is 0 Å². The standard InChI is InChI=1S/C46H33N3.C45H32N4.C41H30N4/c1-46(2)40-27-25-33-16-9-10-19-38(33)42(40)39-26-24-37(29-41(39)46)45-48-43(34-22-20-32(21-23-34)30-12-5-3-6-13-30)47-44(49-45)36-18-11-17-35(28-36)31-14-7-4-8-15-31;1-45(2)40-27-35(22-23-38(40)39-24-21-31-12-6-7-16-37(31)41(39)45)44-48-42(32-19-17-30(18-20-32)36-15-9-25-46-28-36)47-43(49-44)34-14-8-13-33(26-34)29-10-4-3-5-11-29;1-41(2)36-16-7-6-15-34(36)35-25-32(21-22-37(35)41)40-44-38(29-19-17-28(18-20-29)33-14-9-23-42-26-33)43-39(45-40)31-13-8-12-30(24-31)27-10-4-3-5-11-27/h3-29H,1-2H3;3-28H,1-2H3;3-26H,1-2H3. The smallest absolute Gasteiger partial charge is 0.164 e. The van der Waals surface area contributed by atoms with E-state index < -0.39 is 0 Å². The lowest BCUT2D eigenvalue weighted by Gasteiger charge is -2.23. The highest BCUT2D eigenvalue weighted by molar-refractivity contribution is 6.03. The van der Waals surface area contributed by atoms with Crippen LogP contribution < -0.4 is 0 Å². The average Bonchev–Trinajstić information content (AvgIpc) is 1.57. The molecule has 678 valence electrons. The Hall–Kier alpha value is -18.2. The van der Waals surface area contributed by atoms with E-state index in [0.29, 0.717) is 52.4 Å². The molecule has 0 radical (unpaired) electrons. The summed E-state index contributed by atoms with van der Waals surface area (Å²) in [5, 5.41) is 5.13. The second-order valence-electron chi connectivity index (χ2n) is 38.5. The van der Waals surface area contributed by atoms with Crippen LogP contribution in [0.1, 0.15) is 74.9 Å². The molecule has 0 aliphatic heterocycles. The van der Waals surface area contributed by atoms with Crippen LogP contribution in [0.25, 0.3) is 224 Å². The Labute approximate surface area is 832 Å². The molecule has 23 aromatic rings. The van der Waals surface area contributed by atoms with Gasteiger partial charge in [0.05, 0.1) is 0 Å². The lowest BCUT2D eigenvalue weighted by Crippen LogP contribution is -2.15. The van der Waals surface area contributed by atoms with Crippen LogP contribution in [0.5, 0.6) is 0 Å². The summed E-state index contributed by atoms with van der Waals surface area (Å²) in [5.41, 5.74) is 37.3. The van der Waals surface area contributed by atoms with Gasteiger partial charge in [-0.25, -0.2) is 44.9 Å². The molecular weight excluding hydrogens is 1740 g/mol. The van der Waals surface area contributed by atoms with Gasteiger partial charge in [-0.1, -0.05) is 436 Å². The van der Waals surface area contributed by atoms with E-state index in [-0.39, 0.29) is 16.2 Å². The molecule has 3 aliphatic rings. The number of fused-ring (bicyclic) bond motifs is 13. The Balaban J connectivity index is 0.000000116. The first-order valence-electron chi connectivity index (χ1n) is 48.6. The Kier molecular flexibility index (Phi) is 22.4. The summed E-state index contributed by atoms with van der Waals surface area (Å²) in [5.74, 6) is 5.83. The van der Waals surface area contributed by atoms with Gasteiger partial charge in [0.25, 0.3) is 0 Å². The quantitative estimate of drug-likeness (QED) is 0.0968. The summed E-state index contributed by atoms with van der Waals surface area (Å²) in [7, 11) is 0. The third kappa shape index (κ3) is 16.7. The molecule has 3 aliphatic carbocycles. The molecule has 26 rings (SSSR count). The molecule has 0 amide bonds. The highest BCUT2D eigenvalue weighted by Crippen LogP contribution is 2.55. The van der Waals surface area contributed by atoms with Gasteiger partial charge in [-0.2, -0.15) is 0 Å². The number of nitrogens with zero attached hydrogens (tertiary/aromatic N) is 11. The summed E-state index contributed by atoms with van der Waals surface area (Å²) in [6, 6.07) is 155. The first-order chi connectivity index (χ1) is 70.1. The summed E-state index contributed by atoms with van der Waals surface area (Å²) in [6.45, 7) is 13.9. The summed E-state index contributed by atoms with van der Waals surface area (Å²) in [6.07, 6.45) is 7.34. The second kappa shape index (κ2) is 36.6. The third-order valence-corrected chi connectivity index (χ3v) is 28.6. The van der Waals surface area contributed by atoms with Crippen molar-refractivity contribution in [3.8, 4) is 203 Å². The molecule has 0 atom stereocenters. The maximum atomic E-state index is 5.15. The van der Waals surface area contributed by atoms with Crippen molar-refractivity contribution in [3.05, 3.63) is 501 Å². The van der Waals surface area contributed by atoms with Gasteiger partial charge in [-0.05, 0) is 204 Å². The number of benzene rings is 18. The van der Waals surface area contributed by atoms with Gasteiger partial charge in [-0.15, -0.1) is 0 Å². The van der Waals surface area contributed by atoms with Crippen molar-refractivity contribution in [2.75, 3.05) is 0 Å². The molecule has 11 nitrogen and oxygen atoms in total. The predicted octanol–water partition coefficient (Wildman–Crippen LogP) is 32.6. The number of rotatable bonds is 15. The average molecular weight is 1840 g/mol. The Morgan fingerprint density at radius 3 is 0.881 bits per heavy atom. The highest BCUT2D eigenvalue weighted by atomic mass is 15.1. The van der Waals surface area contributed by atoms with Crippen LogP contribution in [-0.2, 0) is 16.2 Å². The molecule has 5 heterocycles. The monoisotopic (exact) mass is 1830 g/mol. The molecule has 0 saturated heterocycles. The third-order valence-electron chi connectivity index (χ3n) is 28.6. The topological polar surface area (TPSA) is 142 Å². The van der Waals surface area contributed by atoms with E-state index in [1.165, 1.54) is 93.9 Å². The van der Waals surface area contributed by atoms with Gasteiger partial charge in [0, 0.05) is 91.1 Å². The zero-order valence-electron chi connectivity index (χ0n) is 79.9. The molecule has 0 bridgehead atoms. The number of pyridine rings is 2. The molecule has 0 spiro atoms. The van der Waals surface area contributed by atoms with E-state index >= 15 is 0 Å². The van der Waals surface area contributed by atoms with Gasteiger partial charge in [0.1, 0.15) is 0 Å². The number of hydrogen-bond donors (Lipinski definition) is 0. The number of aromatic nitrogens is 11. The Morgan fingerprint density at radius 2 is 0.434 bits per heavy atom. The molecule has 0 fully saturated rings. The van der Waals surface area contributed by atoms with Crippen molar-refractivity contribution in [2.24, 2.45) is 0 Å². The van der Waals surface area contributed by atoms with Gasteiger partial charge in [0.2, 0.25) is 0 Å². The van der Waals surface area contributed by atoms with E-state index in [0.717, 1.165) is 111 Å². The van der Waals surface area contributed by atoms with Crippen LogP contribution in [0.2, 0.25) is 0 Å². The van der Waals surface area contributed by atoms with Crippen LogP contribution >= 0.6 is 0 Å². The minimum Gasteiger partial charge on any atom is -0.264 e. The van der Waals surface area contributed by atoms with Crippen LogP contribution in [0.3, 0.4) is 0 Å². The fraction of sp³-hybridized carbons (Fsp3) is 0.0682. The SMILES string of the molecule is CC1(C)c2cc(-c3nc(-c4ccc(-c5ccccc5)cc4)nc(-c4cccc(-c5ccccc5)c4)n3)ccc2-c2c1ccc1ccccc21.CC1(C)c2cc(-c3nc(-c4ccc(-c5cccnc5)cc4)nc(-c4cccc(-c5ccccc5)c4)n3)ccc2-c2ccc3ccccc3c21.CC1(C)c2ccccc2-c2cc(-c3nc(-c4ccc(-c5cccnc5)cc4)nc(-c4cccc(-c5ccccc5)c4)n3)ccc21.